The molecule has 102 valence electrons. The molecule has 0 saturated heterocycles. The highest BCUT2D eigenvalue weighted by atomic mass is 35.5. The van der Waals surface area contributed by atoms with Crippen LogP contribution < -0.4 is 4.74 Å². The van der Waals surface area contributed by atoms with E-state index < -0.39 is 0 Å². The Hall–Kier alpha value is -0.410. The van der Waals surface area contributed by atoms with Crippen LogP contribution in [0.15, 0.2) is 35.7 Å². The van der Waals surface area contributed by atoms with E-state index in [2.05, 4.69) is 6.07 Å². The molecule has 0 saturated carbocycles. The molecule has 0 aliphatic heterocycles. The molecule has 0 fully saturated rings. The number of alkyl halides is 1. The molecule has 1 atom stereocenters. The van der Waals surface area contributed by atoms with Gasteiger partial charge in [0, 0.05) is 21.8 Å². The van der Waals surface area contributed by atoms with Crippen molar-refractivity contribution in [1.82, 2.24) is 0 Å². The molecule has 1 aromatic carbocycles. The number of rotatable bonds is 6. The van der Waals surface area contributed by atoms with E-state index >= 15 is 0 Å². The van der Waals surface area contributed by atoms with Gasteiger partial charge in [0.25, 0.3) is 0 Å². The van der Waals surface area contributed by atoms with E-state index in [0.717, 1.165) is 12.8 Å². The Balaban J connectivity index is 2.17. The third-order valence-electron chi connectivity index (χ3n) is 2.62. The molecule has 0 bridgehead atoms. The lowest BCUT2D eigenvalue weighted by atomic mass is 10.2. The molecule has 1 nitrogen and oxygen atoms in total. The fourth-order valence-electron chi connectivity index (χ4n) is 1.72. The lowest BCUT2D eigenvalue weighted by Crippen LogP contribution is -2.06. The Morgan fingerprint density at radius 2 is 2.05 bits per heavy atom. The zero-order chi connectivity index (χ0) is 13.7. The summed E-state index contributed by atoms with van der Waals surface area (Å²) in [5, 5.41) is 3.21. The predicted molar refractivity (Wildman–Crippen MR) is 84.1 cm³/mol. The molecule has 5 heteroatoms. The van der Waals surface area contributed by atoms with Crippen LogP contribution in [0.2, 0.25) is 10.0 Å². The molecule has 2 rings (SSSR count). The first-order valence-electron chi connectivity index (χ1n) is 5.92. The fourth-order valence-corrected chi connectivity index (χ4v) is 2.98. The minimum Gasteiger partial charge on any atom is -0.483 e. The van der Waals surface area contributed by atoms with Gasteiger partial charge in [0.15, 0.2) is 0 Å². The number of thiophene rings is 1. The Morgan fingerprint density at radius 3 is 2.74 bits per heavy atom. The highest BCUT2D eigenvalue weighted by molar-refractivity contribution is 7.10. The molecular formula is C14H13Cl3OS. The summed E-state index contributed by atoms with van der Waals surface area (Å²) in [5.74, 6) is 1.23. The van der Waals surface area contributed by atoms with Crippen molar-refractivity contribution >= 4 is 46.1 Å². The summed E-state index contributed by atoms with van der Waals surface area (Å²) in [5.41, 5.74) is 0. The first-order valence-corrected chi connectivity index (χ1v) is 8.09. The van der Waals surface area contributed by atoms with Crippen LogP contribution in [0, 0.1) is 0 Å². The topological polar surface area (TPSA) is 9.23 Å². The minimum absolute atomic E-state index is 0.0327. The van der Waals surface area contributed by atoms with Gasteiger partial charge in [-0.15, -0.1) is 22.9 Å². The molecule has 1 unspecified atom stereocenters. The second kappa shape index (κ2) is 7.39. The molecule has 0 aliphatic rings. The Bertz CT molecular complexity index is 513. The van der Waals surface area contributed by atoms with Crippen molar-refractivity contribution in [1.29, 1.82) is 0 Å². The van der Waals surface area contributed by atoms with Crippen molar-refractivity contribution < 1.29 is 4.74 Å². The van der Waals surface area contributed by atoms with Gasteiger partial charge in [-0.05, 0) is 36.4 Å². The van der Waals surface area contributed by atoms with E-state index in [9.17, 15) is 0 Å². The summed E-state index contributed by atoms with van der Waals surface area (Å²) in [6.07, 6.45) is 1.71. The van der Waals surface area contributed by atoms with E-state index in [4.69, 9.17) is 39.5 Å². The first kappa shape index (κ1) is 15.0. The second-order valence-electron chi connectivity index (χ2n) is 4.03. The summed E-state index contributed by atoms with van der Waals surface area (Å²) in [6, 6.07) is 9.30. The monoisotopic (exact) mass is 334 g/mol. The number of halogens is 3. The zero-order valence-electron chi connectivity index (χ0n) is 10.1. The quantitative estimate of drug-likeness (QED) is 0.571. The van der Waals surface area contributed by atoms with Gasteiger partial charge in [-0.3, -0.25) is 0 Å². The molecule has 0 aliphatic carbocycles. The van der Waals surface area contributed by atoms with Crippen LogP contribution in [0.1, 0.15) is 23.8 Å². The molecule has 1 heterocycles. The van der Waals surface area contributed by atoms with E-state index in [1.54, 1.807) is 29.5 Å². The van der Waals surface area contributed by atoms with Crippen molar-refractivity contribution in [2.75, 3.05) is 5.88 Å². The lowest BCUT2D eigenvalue weighted by Gasteiger charge is -2.18. The average molecular weight is 336 g/mol. The van der Waals surface area contributed by atoms with E-state index in [1.807, 2.05) is 11.4 Å². The highest BCUT2D eigenvalue weighted by Crippen LogP contribution is 2.34. The van der Waals surface area contributed by atoms with Crippen molar-refractivity contribution in [2.45, 2.75) is 18.9 Å². The molecule has 0 amide bonds. The largest absolute Gasteiger partial charge is 0.483 e. The Kier molecular flexibility index (Phi) is 5.83. The summed E-state index contributed by atoms with van der Waals surface area (Å²) >= 11 is 19.5. The predicted octanol–water partition coefficient (Wildman–Crippen LogP) is 6.19. The number of benzene rings is 1. The molecule has 0 N–H and O–H groups in total. The minimum atomic E-state index is -0.0327. The van der Waals surface area contributed by atoms with Gasteiger partial charge in [0.1, 0.15) is 11.9 Å². The molecular weight excluding hydrogens is 323 g/mol. The Labute approximate surface area is 132 Å². The van der Waals surface area contributed by atoms with Crippen LogP contribution in [-0.2, 0) is 0 Å². The smallest absolute Gasteiger partial charge is 0.140 e. The van der Waals surface area contributed by atoms with E-state index in [-0.39, 0.29) is 6.10 Å². The summed E-state index contributed by atoms with van der Waals surface area (Å²) in [7, 11) is 0. The zero-order valence-corrected chi connectivity index (χ0v) is 13.2. The second-order valence-corrected chi connectivity index (χ2v) is 6.23. The first-order chi connectivity index (χ1) is 9.20. The number of ether oxygens (including phenoxy) is 1. The van der Waals surface area contributed by atoms with Gasteiger partial charge < -0.3 is 4.74 Å². The standard InChI is InChI=1S/C14H13Cl3OS/c15-7-1-3-12(14-4-2-8-19-14)18-13-9-10(16)5-6-11(13)17/h2,4-6,8-9,12H,1,3,7H2. The number of hydrogen-bond donors (Lipinski definition) is 0. The molecule has 19 heavy (non-hydrogen) atoms. The van der Waals surface area contributed by atoms with Crippen LogP contribution in [0.3, 0.4) is 0 Å². The van der Waals surface area contributed by atoms with E-state index in [1.165, 1.54) is 4.88 Å². The molecule has 0 spiro atoms. The van der Waals surface area contributed by atoms with Crippen LogP contribution in [0.5, 0.6) is 5.75 Å². The van der Waals surface area contributed by atoms with Crippen molar-refractivity contribution in [3.05, 3.63) is 50.6 Å². The molecule has 0 radical (unpaired) electrons. The third-order valence-corrected chi connectivity index (χ3v) is 4.40. The van der Waals surface area contributed by atoms with Crippen molar-refractivity contribution in [2.24, 2.45) is 0 Å². The Morgan fingerprint density at radius 1 is 1.21 bits per heavy atom. The van der Waals surface area contributed by atoms with Crippen molar-refractivity contribution in [3.8, 4) is 5.75 Å². The van der Waals surface area contributed by atoms with Crippen LogP contribution in [0.4, 0.5) is 0 Å². The lowest BCUT2D eigenvalue weighted by molar-refractivity contribution is 0.198. The summed E-state index contributed by atoms with van der Waals surface area (Å²) < 4.78 is 6.01. The van der Waals surface area contributed by atoms with Crippen molar-refractivity contribution in [3.63, 3.8) is 0 Å². The average Bonchev–Trinajstić information content (AvgIpc) is 2.92. The normalized spacial score (nSPS) is 12.4. The molecule has 1 aromatic heterocycles. The van der Waals surface area contributed by atoms with Gasteiger partial charge in [0.2, 0.25) is 0 Å². The fraction of sp³-hybridized carbons (Fsp3) is 0.286. The van der Waals surface area contributed by atoms with E-state index in [0.29, 0.717) is 21.7 Å². The SMILES string of the molecule is ClCCCC(Oc1cc(Cl)ccc1Cl)c1cccs1. The van der Waals surface area contributed by atoms with Gasteiger partial charge >= 0.3 is 0 Å². The summed E-state index contributed by atoms with van der Waals surface area (Å²) in [4.78, 5) is 1.17. The maximum Gasteiger partial charge on any atom is 0.140 e. The maximum absolute atomic E-state index is 6.13. The van der Waals surface area contributed by atoms with Crippen LogP contribution >= 0.6 is 46.1 Å². The highest BCUT2D eigenvalue weighted by Gasteiger charge is 2.16. The summed E-state index contributed by atoms with van der Waals surface area (Å²) in [6.45, 7) is 0. The van der Waals surface area contributed by atoms with Gasteiger partial charge in [-0.2, -0.15) is 0 Å². The maximum atomic E-state index is 6.13. The van der Waals surface area contributed by atoms with Gasteiger partial charge in [0.05, 0.1) is 5.02 Å². The van der Waals surface area contributed by atoms with Gasteiger partial charge in [-0.1, -0.05) is 29.3 Å². The number of hydrogen-bond acceptors (Lipinski definition) is 2. The van der Waals surface area contributed by atoms with Crippen LogP contribution in [-0.4, -0.2) is 5.88 Å². The van der Waals surface area contributed by atoms with Crippen LogP contribution in [0.25, 0.3) is 0 Å². The third kappa shape index (κ3) is 4.28. The van der Waals surface area contributed by atoms with Gasteiger partial charge in [-0.25, -0.2) is 0 Å². The molecule has 2 aromatic rings.